The highest BCUT2D eigenvalue weighted by atomic mass is 16.4. The van der Waals surface area contributed by atoms with Gasteiger partial charge in [0.1, 0.15) is 6.04 Å². The first-order valence-corrected chi connectivity index (χ1v) is 7.11. The van der Waals surface area contributed by atoms with Crippen LogP contribution in [0.5, 0.6) is 0 Å². The summed E-state index contributed by atoms with van der Waals surface area (Å²) >= 11 is 0. The first-order valence-electron chi connectivity index (χ1n) is 7.11. The first-order chi connectivity index (χ1) is 9.31. The fraction of sp³-hybridized carbons (Fsp3) is 0.786. The molecule has 3 unspecified atom stereocenters. The van der Waals surface area contributed by atoms with Crippen molar-refractivity contribution in [1.29, 1.82) is 0 Å². The van der Waals surface area contributed by atoms with E-state index < -0.39 is 12.0 Å². The van der Waals surface area contributed by atoms with E-state index >= 15 is 0 Å². The fourth-order valence-electron chi connectivity index (χ4n) is 2.59. The summed E-state index contributed by atoms with van der Waals surface area (Å²) in [5, 5.41) is 14.5. The highest BCUT2D eigenvalue weighted by Gasteiger charge is 2.30. The van der Waals surface area contributed by atoms with Crippen LogP contribution >= 0.6 is 0 Å². The van der Waals surface area contributed by atoms with Gasteiger partial charge in [-0.15, -0.1) is 0 Å². The van der Waals surface area contributed by atoms with Crippen molar-refractivity contribution in [3.63, 3.8) is 0 Å². The molecule has 2 amide bonds. The maximum atomic E-state index is 12.2. The molecule has 3 N–H and O–H groups in total. The van der Waals surface area contributed by atoms with Crippen LogP contribution in [-0.4, -0.2) is 35.0 Å². The van der Waals surface area contributed by atoms with Gasteiger partial charge in [0.15, 0.2) is 0 Å². The first kappa shape index (κ1) is 16.5. The van der Waals surface area contributed by atoms with Gasteiger partial charge in [0, 0.05) is 13.0 Å². The summed E-state index contributed by atoms with van der Waals surface area (Å²) in [6.07, 6.45) is 2.72. The van der Waals surface area contributed by atoms with Gasteiger partial charge >= 0.3 is 5.97 Å². The third kappa shape index (κ3) is 4.83. The Morgan fingerprint density at radius 3 is 2.35 bits per heavy atom. The molecule has 0 bridgehead atoms. The van der Waals surface area contributed by atoms with Crippen molar-refractivity contribution in [3.05, 3.63) is 0 Å². The molecule has 1 aliphatic carbocycles. The zero-order valence-electron chi connectivity index (χ0n) is 12.3. The summed E-state index contributed by atoms with van der Waals surface area (Å²) < 4.78 is 0. The van der Waals surface area contributed by atoms with Crippen molar-refractivity contribution in [2.75, 3.05) is 0 Å². The summed E-state index contributed by atoms with van der Waals surface area (Å²) in [7, 11) is 0. The minimum atomic E-state index is -0.800. The average Bonchev–Trinajstić information content (AvgIpc) is 2.35. The van der Waals surface area contributed by atoms with Crippen molar-refractivity contribution in [3.8, 4) is 0 Å². The zero-order valence-corrected chi connectivity index (χ0v) is 12.3. The highest BCUT2D eigenvalue weighted by molar-refractivity contribution is 5.87. The van der Waals surface area contributed by atoms with Gasteiger partial charge in [-0.05, 0) is 25.2 Å². The molecule has 114 valence electrons. The Balaban J connectivity index is 2.59. The second kappa shape index (κ2) is 7.26. The lowest BCUT2D eigenvalue weighted by atomic mass is 9.85. The van der Waals surface area contributed by atoms with Gasteiger partial charge in [-0.2, -0.15) is 0 Å². The molecule has 0 spiro atoms. The molecule has 0 saturated heterocycles. The summed E-state index contributed by atoms with van der Waals surface area (Å²) in [5.74, 6) is -1.67. The van der Waals surface area contributed by atoms with Gasteiger partial charge in [0.2, 0.25) is 11.8 Å². The number of nitrogens with one attached hydrogen (secondary N) is 2. The van der Waals surface area contributed by atoms with E-state index in [0.29, 0.717) is 12.8 Å². The van der Waals surface area contributed by atoms with Crippen LogP contribution in [0, 0.1) is 11.8 Å². The van der Waals surface area contributed by atoms with E-state index in [1.54, 1.807) is 0 Å². The number of carboxylic acid groups (broad SMARTS) is 1. The molecular formula is C14H24N2O4. The van der Waals surface area contributed by atoms with Crippen molar-refractivity contribution >= 4 is 17.8 Å². The Kier molecular flexibility index (Phi) is 5.98. The number of hydrogen-bond donors (Lipinski definition) is 3. The Hall–Kier alpha value is -1.59. The van der Waals surface area contributed by atoms with Crippen molar-refractivity contribution in [2.24, 2.45) is 11.8 Å². The number of aliphatic carboxylic acids is 1. The monoisotopic (exact) mass is 284 g/mol. The average molecular weight is 284 g/mol. The molecule has 6 heteroatoms. The molecule has 20 heavy (non-hydrogen) atoms. The number of hydrogen-bond acceptors (Lipinski definition) is 3. The Morgan fingerprint density at radius 1 is 1.20 bits per heavy atom. The molecule has 0 aromatic heterocycles. The van der Waals surface area contributed by atoms with Crippen LogP contribution in [0.25, 0.3) is 0 Å². The number of carbonyl (C=O) groups excluding carboxylic acids is 2. The van der Waals surface area contributed by atoms with Crippen molar-refractivity contribution < 1.29 is 19.5 Å². The molecule has 0 aromatic rings. The lowest BCUT2D eigenvalue weighted by Gasteiger charge is -2.30. The van der Waals surface area contributed by atoms with E-state index in [-0.39, 0.29) is 29.7 Å². The topological polar surface area (TPSA) is 95.5 Å². The third-order valence-corrected chi connectivity index (χ3v) is 3.68. The lowest BCUT2D eigenvalue weighted by molar-refractivity contribution is -0.143. The van der Waals surface area contributed by atoms with Crippen LogP contribution in [-0.2, 0) is 14.4 Å². The molecular weight excluding hydrogens is 260 g/mol. The van der Waals surface area contributed by atoms with Crippen LogP contribution in [0.4, 0.5) is 0 Å². The van der Waals surface area contributed by atoms with E-state index in [1.807, 2.05) is 13.8 Å². The summed E-state index contributed by atoms with van der Waals surface area (Å²) in [6.45, 7) is 5.10. The van der Waals surface area contributed by atoms with Crippen molar-refractivity contribution in [2.45, 2.75) is 58.5 Å². The standard InChI is InChI=1S/C14H24N2O4/c1-8(2)12(15-9(3)17)13(18)16-11-6-4-5-10(7-11)14(19)20/h8,10-12H,4-7H2,1-3H3,(H,15,17)(H,16,18)(H,19,20). The largest absolute Gasteiger partial charge is 0.481 e. The van der Waals surface area contributed by atoms with Gasteiger partial charge in [0.05, 0.1) is 5.92 Å². The number of carboxylic acids is 1. The van der Waals surface area contributed by atoms with Gasteiger partial charge in [-0.1, -0.05) is 20.3 Å². The molecule has 6 nitrogen and oxygen atoms in total. The minimum absolute atomic E-state index is 0.0160. The molecule has 1 saturated carbocycles. The molecule has 0 aromatic carbocycles. The smallest absolute Gasteiger partial charge is 0.306 e. The Bertz CT molecular complexity index is 381. The van der Waals surface area contributed by atoms with Gasteiger partial charge < -0.3 is 15.7 Å². The number of carbonyl (C=O) groups is 3. The lowest BCUT2D eigenvalue weighted by Crippen LogP contribution is -2.52. The molecule has 1 fully saturated rings. The number of rotatable bonds is 5. The van der Waals surface area contributed by atoms with Crippen LogP contribution in [0.3, 0.4) is 0 Å². The van der Waals surface area contributed by atoms with Crippen LogP contribution in [0.1, 0.15) is 46.5 Å². The maximum Gasteiger partial charge on any atom is 0.306 e. The predicted molar refractivity (Wildman–Crippen MR) is 74.0 cm³/mol. The van der Waals surface area contributed by atoms with Crippen molar-refractivity contribution in [1.82, 2.24) is 10.6 Å². The molecule has 3 atom stereocenters. The predicted octanol–water partition coefficient (Wildman–Crippen LogP) is 0.907. The third-order valence-electron chi connectivity index (χ3n) is 3.68. The Labute approximate surface area is 119 Å². The Morgan fingerprint density at radius 2 is 1.85 bits per heavy atom. The highest BCUT2D eigenvalue weighted by Crippen LogP contribution is 2.24. The van der Waals surface area contributed by atoms with Gasteiger partial charge in [-0.3, -0.25) is 14.4 Å². The van der Waals surface area contributed by atoms with Gasteiger partial charge in [0.25, 0.3) is 0 Å². The summed E-state index contributed by atoms with van der Waals surface area (Å²) in [5.41, 5.74) is 0. The van der Waals surface area contributed by atoms with E-state index in [9.17, 15) is 14.4 Å². The van der Waals surface area contributed by atoms with E-state index in [0.717, 1.165) is 12.8 Å². The fourth-order valence-corrected chi connectivity index (χ4v) is 2.59. The summed E-state index contributed by atoms with van der Waals surface area (Å²) in [6, 6.07) is -0.690. The minimum Gasteiger partial charge on any atom is -0.481 e. The van der Waals surface area contributed by atoms with E-state index in [1.165, 1.54) is 6.92 Å². The van der Waals surface area contributed by atoms with E-state index in [4.69, 9.17) is 5.11 Å². The van der Waals surface area contributed by atoms with Crippen LogP contribution in [0.2, 0.25) is 0 Å². The molecule has 1 aliphatic rings. The second-order valence-electron chi connectivity index (χ2n) is 5.83. The number of amides is 2. The van der Waals surface area contributed by atoms with Crippen LogP contribution in [0.15, 0.2) is 0 Å². The quantitative estimate of drug-likeness (QED) is 0.699. The maximum absolute atomic E-state index is 12.2. The van der Waals surface area contributed by atoms with E-state index in [2.05, 4.69) is 10.6 Å². The van der Waals surface area contributed by atoms with Crippen LogP contribution < -0.4 is 10.6 Å². The SMILES string of the molecule is CC(=O)NC(C(=O)NC1CCCC(C(=O)O)C1)C(C)C. The van der Waals surface area contributed by atoms with Gasteiger partial charge in [-0.25, -0.2) is 0 Å². The second-order valence-corrected chi connectivity index (χ2v) is 5.83. The molecule has 0 heterocycles. The normalized spacial score (nSPS) is 24.0. The molecule has 1 rings (SSSR count). The molecule has 0 radical (unpaired) electrons. The summed E-state index contributed by atoms with van der Waals surface area (Å²) in [4.78, 5) is 34.3. The zero-order chi connectivity index (χ0) is 15.3. The molecule has 0 aliphatic heterocycles.